The van der Waals surface area contributed by atoms with Crippen LogP contribution in [0.15, 0.2) is 24.3 Å². The molecular formula is C12H16FNO3S. The Morgan fingerprint density at radius 2 is 2.11 bits per heavy atom. The lowest BCUT2D eigenvalue weighted by Crippen LogP contribution is -2.32. The maximum atomic E-state index is 12.9. The standard InChI is InChI=1S/C12H16FNO3S/c13-11-3-1-2-10(6-11)7-18(16,17)14-8-12(9-15)4-5-12/h1-3,6,14-15H,4-5,7-9H2. The maximum absolute atomic E-state index is 12.9. The molecular weight excluding hydrogens is 257 g/mol. The van der Waals surface area contributed by atoms with Crippen molar-refractivity contribution in [3.8, 4) is 0 Å². The van der Waals surface area contributed by atoms with E-state index in [1.54, 1.807) is 6.07 Å². The highest BCUT2D eigenvalue weighted by molar-refractivity contribution is 7.88. The van der Waals surface area contributed by atoms with Crippen LogP contribution in [0.1, 0.15) is 18.4 Å². The zero-order chi connectivity index (χ0) is 13.2. The number of nitrogens with one attached hydrogen (secondary N) is 1. The molecule has 1 aliphatic rings. The number of sulfonamides is 1. The van der Waals surface area contributed by atoms with Crippen LogP contribution in [0.4, 0.5) is 4.39 Å². The van der Waals surface area contributed by atoms with E-state index in [-0.39, 0.29) is 24.3 Å². The summed E-state index contributed by atoms with van der Waals surface area (Å²) in [5, 5.41) is 9.10. The molecule has 2 rings (SSSR count). The van der Waals surface area contributed by atoms with Crippen molar-refractivity contribution in [2.45, 2.75) is 18.6 Å². The first-order valence-corrected chi connectivity index (χ1v) is 7.43. The molecule has 0 spiro atoms. The number of aliphatic hydroxyl groups excluding tert-OH is 1. The van der Waals surface area contributed by atoms with Gasteiger partial charge in [0.15, 0.2) is 0 Å². The molecule has 0 atom stereocenters. The average molecular weight is 273 g/mol. The Morgan fingerprint density at radius 1 is 1.39 bits per heavy atom. The molecule has 0 aliphatic heterocycles. The fourth-order valence-electron chi connectivity index (χ4n) is 1.73. The molecule has 1 aromatic rings. The molecule has 1 aromatic carbocycles. The second kappa shape index (κ2) is 4.95. The van der Waals surface area contributed by atoms with Gasteiger partial charge in [-0.15, -0.1) is 0 Å². The zero-order valence-electron chi connectivity index (χ0n) is 9.89. The molecule has 0 aromatic heterocycles. The molecule has 4 nitrogen and oxygen atoms in total. The maximum Gasteiger partial charge on any atom is 0.215 e. The number of hydrogen-bond donors (Lipinski definition) is 2. The van der Waals surface area contributed by atoms with Crippen LogP contribution in [0.25, 0.3) is 0 Å². The van der Waals surface area contributed by atoms with Gasteiger partial charge in [0.1, 0.15) is 5.82 Å². The quantitative estimate of drug-likeness (QED) is 0.813. The van der Waals surface area contributed by atoms with Crippen LogP contribution in [0.2, 0.25) is 0 Å². The molecule has 1 aliphatic carbocycles. The van der Waals surface area contributed by atoms with E-state index in [1.807, 2.05) is 0 Å². The summed E-state index contributed by atoms with van der Waals surface area (Å²) in [6, 6.07) is 5.53. The zero-order valence-corrected chi connectivity index (χ0v) is 10.7. The second-order valence-electron chi connectivity index (χ2n) is 4.87. The molecule has 6 heteroatoms. The van der Waals surface area contributed by atoms with Crippen LogP contribution >= 0.6 is 0 Å². The van der Waals surface area contributed by atoms with E-state index in [4.69, 9.17) is 5.11 Å². The molecule has 0 saturated heterocycles. The molecule has 0 unspecified atom stereocenters. The first-order valence-electron chi connectivity index (χ1n) is 5.77. The Balaban J connectivity index is 1.95. The normalized spacial score (nSPS) is 17.7. The van der Waals surface area contributed by atoms with Crippen molar-refractivity contribution in [3.63, 3.8) is 0 Å². The van der Waals surface area contributed by atoms with Gasteiger partial charge in [-0.05, 0) is 30.5 Å². The average Bonchev–Trinajstić information content (AvgIpc) is 3.07. The van der Waals surface area contributed by atoms with E-state index >= 15 is 0 Å². The van der Waals surface area contributed by atoms with Gasteiger partial charge in [0.2, 0.25) is 10.0 Å². The summed E-state index contributed by atoms with van der Waals surface area (Å²) >= 11 is 0. The third-order valence-corrected chi connectivity index (χ3v) is 4.50. The molecule has 0 radical (unpaired) electrons. The molecule has 2 N–H and O–H groups in total. The highest BCUT2D eigenvalue weighted by atomic mass is 32.2. The summed E-state index contributed by atoms with van der Waals surface area (Å²) in [5.74, 6) is -0.691. The molecule has 0 bridgehead atoms. The Kier molecular flexibility index (Phi) is 3.70. The van der Waals surface area contributed by atoms with E-state index in [9.17, 15) is 12.8 Å². The van der Waals surface area contributed by atoms with Crippen LogP contribution in [0.3, 0.4) is 0 Å². The third kappa shape index (κ3) is 3.51. The highest BCUT2D eigenvalue weighted by Gasteiger charge is 2.42. The summed E-state index contributed by atoms with van der Waals surface area (Å²) in [6.07, 6.45) is 1.68. The lowest BCUT2D eigenvalue weighted by atomic mass is 10.1. The fourth-order valence-corrected chi connectivity index (χ4v) is 2.97. The van der Waals surface area contributed by atoms with Gasteiger partial charge in [-0.25, -0.2) is 17.5 Å². The van der Waals surface area contributed by atoms with Gasteiger partial charge in [-0.3, -0.25) is 0 Å². The van der Waals surface area contributed by atoms with Crippen LogP contribution in [0.5, 0.6) is 0 Å². The van der Waals surface area contributed by atoms with E-state index in [0.29, 0.717) is 5.56 Å². The van der Waals surface area contributed by atoms with Gasteiger partial charge >= 0.3 is 0 Å². The van der Waals surface area contributed by atoms with Crippen molar-refractivity contribution in [2.24, 2.45) is 5.41 Å². The van der Waals surface area contributed by atoms with Gasteiger partial charge in [0.05, 0.1) is 5.75 Å². The lowest BCUT2D eigenvalue weighted by Gasteiger charge is -2.13. The minimum atomic E-state index is -3.48. The third-order valence-electron chi connectivity index (χ3n) is 3.21. The Labute approximate surface area is 106 Å². The van der Waals surface area contributed by atoms with Crippen molar-refractivity contribution in [1.82, 2.24) is 4.72 Å². The summed E-state index contributed by atoms with van der Waals surface area (Å²) in [7, 11) is -3.48. The highest BCUT2D eigenvalue weighted by Crippen LogP contribution is 2.44. The van der Waals surface area contributed by atoms with Gasteiger partial charge in [-0.2, -0.15) is 0 Å². The molecule has 1 saturated carbocycles. The molecule has 1 fully saturated rings. The molecule has 0 amide bonds. The summed E-state index contributed by atoms with van der Waals surface area (Å²) in [5.41, 5.74) is 0.144. The van der Waals surface area contributed by atoms with Crippen LogP contribution in [-0.2, 0) is 15.8 Å². The van der Waals surface area contributed by atoms with Crippen LogP contribution < -0.4 is 4.72 Å². The summed E-state index contributed by atoms with van der Waals surface area (Å²) < 4.78 is 39.0. The number of rotatable bonds is 6. The second-order valence-corrected chi connectivity index (χ2v) is 6.68. The smallest absolute Gasteiger partial charge is 0.215 e. The number of aliphatic hydroxyl groups is 1. The fraction of sp³-hybridized carbons (Fsp3) is 0.500. The first kappa shape index (κ1) is 13.5. The minimum absolute atomic E-state index is 0.00448. The molecule has 0 heterocycles. The van der Waals surface area contributed by atoms with Gasteiger partial charge in [0.25, 0.3) is 0 Å². The number of hydrogen-bond acceptors (Lipinski definition) is 3. The molecule has 100 valence electrons. The Hall–Kier alpha value is -0.980. The Bertz CT molecular complexity index is 526. The van der Waals surface area contributed by atoms with E-state index in [2.05, 4.69) is 4.72 Å². The van der Waals surface area contributed by atoms with Crippen molar-refractivity contribution < 1.29 is 17.9 Å². The van der Waals surface area contributed by atoms with Gasteiger partial charge in [0, 0.05) is 18.6 Å². The topological polar surface area (TPSA) is 66.4 Å². The Morgan fingerprint density at radius 3 is 2.67 bits per heavy atom. The monoisotopic (exact) mass is 273 g/mol. The predicted molar refractivity (Wildman–Crippen MR) is 65.8 cm³/mol. The number of benzene rings is 1. The molecule has 18 heavy (non-hydrogen) atoms. The van der Waals surface area contributed by atoms with Crippen LogP contribution in [0, 0.1) is 11.2 Å². The van der Waals surface area contributed by atoms with E-state index in [1.165, 1.54) is 18.2 Å². The first-order chi connectivity index (χ1) is 8.45. The van der Waals surface area contributed by atoms with E-state index < -0.39 is 15.8 Å². The lowest BCUT2D eigenvalue weighted by molar-refractivity contribution is 0.213. The van der Waals surface area contributed by atoms with Crippen molar-refractivity contribution in [2.75, 3.05) is 13.2 Å². The predicted octanol–water partition coefficient (Wildman–Crippen LogP) is 1.02. The van der Waals surface area contributed by atoms with Gasteiger partial charge in [-0.1, -0.05) is 12.1 Å². The number of halogens is 1. The summed E-state index contributed by atoms with van der Waals surface area (Å²) in [6.45, 7) is 0.247. The summed E-state index contributed by atoms with van der Waals surface area (Å²) in [4.78, 5) is 0. The largest absolute Gasteiger partial charge is 0.396 e. The minimum Gasteiger partial charge on any atom is -0.396 e. The van der Waals surface area contributed by atoms with E-state index in [0.717, 1.165) is 12.8 Å². The van der Waals surface area contributed by atoms with Gasteiger partial charge < -0.3 is 5.11 Å². The SMILES string of the molecule is O=S(=O)(Cc1cccc(F)c1)NCC1(CO)CC1. The van der Waals surface area contributed by atoms with Crippen molar-refractivity contribution in [1.29, 1.82) is 0 Å². The van der Waals surface area contributed by atoms with Crippen molar-refractivity contribution >= 4 is 10.0 Å². The van der Waals surface area contributed by atoms with Crippen LogP contribution in [-0.4, -0.2) is 26.7 Å². The van der Waals surface area contributed by atoms with Crippen molar-refractivity contribution in [3.05, 3.63) is 35.6 Å².